The van der Waals surface area contributed by atoms with E-state index in [1.165, 1.54) is 38.9 Å². The van der Waals surface area contributed by atoms with Crippen molar-refractivity contribution in [1.29, 1.82) is 0 Å². The fraction of sp³-hybridized carbons (Fsp3) is 0.938. The van der Waals surface area contributed by atoms with Gasteiger partial charge in [-0.2, -0.15) is 0 Å². The summed E-state index contributed by atoms with van der Waals surface area (Å²) in [6.07, 6.45) is 8.12. The summed E-state index contributed by atoms with van der Waals surface area (Å²) in [6, 6.07) is 0. The van der Waals surface area contributed by atoms with Gasteiger partial charge in [0, 0.05) is 13.1 Å². The molecule has 2 saturated heterocycles. The number of amides is 1. The van der Waals surface area contributed by atoms with E-state index >= 15 is 0 Å². The third-order valence-corrected chi connectivity index (χ3v) is 5.56. The molecule has 114 valence electrons. The van der Waals surface area contributed by atoms with Crippen molar-refractivity contribution in [2.45, 2.75) is 44.9 Å². The zero-order chi connectivity index (χ0) is 14.0. The highest BCUT2D eigenvalue weighted by atomic mass is 16.3. The van der Waals surface area contributed by atoms with Crippen molar-refractivity contribution in [3.8, 4) is 0 Å². The van der Waals surface area contributed by atoms with Crippen molar-refractivity contribution in [2.75, 3.05) is 39.3 Å². The van der Waals surface area contributed by atoms with Crippen LogP contribution >= 0.6 is 0 Å². The van der Waals surface area contributed by atoms with E-state index in [-0.39, 0.29) is 17.9 Å². The first-order valence-corrected chi connectivity index (χ1v) is 8.36. The van der Waals surface area contributed by atoms with E-state index in [1.54, 1.807) is 0 Å². The van der Waals surface area contributed by atoms with Crippen LogP contribution in [0.5, 0.6) is 0 Å². The molecule has 4 nitrogen and oxygen atoms in total. The maximum Gasteiger partial charge on any atom is 0.231 e. The van der Waals surface area contributed by atoms with Crippen LogP contribution in [-0.4, -0.2) is 60.1 Å². The minimum absolute atomic E-state index is 0.0424. The monoisotopic (exact) mass is 280 g/mol. The van der Waals surface area contributed by atoms with Crippen molar-refractivity contribution in [1.82, 2.24) is 9.80 Å². The summed E-state index contributed by atoms with van der Waals surface area (Å²) >= 11 is 0. The normalized spacial score (nSPS) is 26.9. The lowest BCUT2D eigenvalue weighted by Gasteiger charge is -2.34. The maximum atomic E-state index is 12.3. The lowest BCUT2D eigenvalue weighted by atomic mass is 9.92. The molecule has 20 heavy (non-hydrogen) atoms. The lowest BCUT2D eigenvalue weighted by Crippen LogP contribution is -2.44. The second-order valence-corrected chi connectivity index (χ2v) is 7.01. The number of aliphatic hydroxyl groups is 1. The smallest absolute Gasteiger partial charge is 0.231 e. The fourth-order valence-corrected chi connectivity index (χ4v) is 3.72. The SMILES string of the molecule is O=C(N1CCC(CCN2CCCC2)CC1)C1(CO)CC1. The van der Waals surface area contributed by atoms with E-state index in [2.05, 4.69) is 4.90 Å². The van der Waals surface area contributed by atoms with Crippen LogP contribution in [0, 0.1) is 11.3 Å². The van der Waals surface area contributed by atoms with Crippen molar-refractivity contribution in [3.63, 3.8) is 0 Å². The standard InChI is InChI=1S/C16H28N2O2/c19-13-16(6-7-16)15(20)18-11-4-14(5-12-18)3-10-17-8-1-2-9-17/h14,19H,1-13H2. The molecule has 0 aromatic carbocycles. The van der Waals surface area contributed by atoms with E-state index in [0.29, 0.717) is 0 Å². The van der Waals surface area contributed by atoms with Crippen molar-refractivity contribution in [2.24, 2.45) is 11.3 Å². The highest BCUT2D eigenvalue weighted by Crippen LogP contribution is 2.47. The molecule has 2 aliphatic heterocycles. The van der Waals surface area contributed by atoms with Gasteiger partial charge in [-0.25, -0.2) is 0 Å². The Morgan fingerprint density at radius 2 is 1.75 bits per heavy atom. The summed E-state index contributed by atoms with van der Waals surface area (Å²) in [4.78, 5) is 16.9. The average molecular weight is 280 g/mol. The molecule has 1 aliphatic carbocycles. The van der Waals surface area contributed by atoms with Crippen LogP contribution in [0.15, 0.2) is 0 Å². The number of hydrogen-bond donors (Lipinski definition) is 1. The molecular formula is C16H28N2O2. The Hall–Kier alpha value is -0.610. The van der Waals surface area contributed by atoms with Gasteiger partial charge in [0.2, 0.25) is 5.91 Å². The maximum absolute atomic E-state index is 12.3. The minimum Gasteiger partial charge on any atom is -0.395 e. The van der Waals surface area contributed by atoms with E-state index in [4.69, 9.17) is 0 Å². The van der Waals surface area contributed by atoms with Gasteiger partial charge >= 0.3 is 0 Å². The van der Waals surface area contributed by atoms with E-state index in [1.807, 2.05) is 4.90 Å². The molecule has 1 saturated carbocycles. The van der Waals surface area contributed by atoms with Gasteiger partial charge in [0.25, 0.3) is 0 Å². The molecular weight excluding hydrogens is 252 g/mol. The third-order valence-electron chi connectivity index (χ3n) is 5.56. The van der Waals surface area contributed by atoms with Gasteiger partial charge in [-0.15, -0.1) is 0 Å². The summed E-state index contributed by atoms with van der Waals surface area (Å²) in [7, 11) is 0. The van der Waals surface area contributed by atoms with Crippen LogP contribution in [0.3, 0.4) is 0 Å². The molecule has 3 fully saturated rings. The van der Waals surface area contributed by atoms with Crippen molar-refractivity contribution >= 4 is 5.91 Å². The van der Waals surface area contributed by atoms with Gasteiger partial charge in [0.05, 0.1) is 12.0 Å². The van der Waals surface area contributed by atoms with Gasteiger partial charge in [0.1, 0.15) is 0 Å². The number of piperidine rings is 1. The minimum atomic E-state index is -0.373. The van der Waals surface area contributed by atoms with Crippen LogP contribution in [0.1, 0.15) is 44.9 Å². The average Bonchev–Trinajstić information content (AvgIpc) is 3.13. The molecule has 0 aromatic heterocycles. The Kier molecular flexibility index (Phi) is 4.32. The molecule has 0 radical (unpaired) electrons. The molecule has 0 bridgehead atoms. The molecule has 0 atom stereocenters. The molecule has 0 unspecified atom stereocenters. The Morgan fingerprint density at radius 3 is 2.30 bits per heavy atom. The molecule has 0 spiro atoms. The van der Waals surface area contributed by atoms with Gasteiger partial charge in [-0.3, -0.25) is 4.79 Å². The molecule has 1 amide bonds. The summed E-state index contributed by atoms with van der Waals surface area (Å²) in [6.45, 7) is 5.68. The first kappa shape index (κ1) is 14.3. The van der Waals surface area contributed by atoms with Crippen LogP contribution in [0.25, 0.3) is 0 Å². The molecule has 0 aromatic rings. The predicted molar refractivity (Wildman–Crippen MR) is 78.3 cm³/mol. The molecule has 3 aliphatic rings. The van der Waals surface area contributed by atoms with Gasteiger partial charge in [-0.1, -0.05) is 0 Å². The van der Waals surface area contributed by atoms with Crippen molar-refractivity contribution < 1.29 is 9.90 Å². The number of hydrogen-bond acceptors (Lipinski definition) is 3. The van der Waals surface area contributed by atoms with Crippen molar-refractivity contribution in [3.05, 3.63) is 0 Å². The Morgan fingerprint density at radius 1 is 1.10 bits per heavy atom. The van der Waals surface area contributed by atoms with Crippen LogP contribution < -0.4 is 0 Å². The topological polar surface area (TPSA) is 43.8 Å². The summed E-state index contributed by atoms with van der Waals surface area (Å²) in [5.74, 6) is 1.02. The Labute approximate surface area is 122 Å². The van der Waals surface area contributed by atoms with Crippen LogP contribution in [0.4, 0.5) is 0 Å². The highest BCUT2D eigenvalue weighted by molar-refractivity contribution is 5.85. The van der Waals surface area contributed by atoms with E-state index in [9.17, 15) is 9.90 Å². The second-order valence-electron chi connectivity index (χ2n) is 7.01. The number of aliphatic hydroxyl groups excluding tert-OH is 1. The first-order chi connectivity index (χ1) is 9.73. The molecule has 2 heterocycles. The fourth-order valence-electron chi connectivity index (χ4n) is 3.72. The number of carbonyl (C=O) groups excluding carboxylic acids is 1. The second kappa shape index (κ2) is 6.02. The zero-order valence-electron chi connectivity index (χ0n) is 12.5. The molecule has 4 heteroatoms. The van der Waals surface area contributed by atoms with Crippen LogP contribution in [0.2, 0.25) is 0 Å². The Balaban J connectivity index is 1.39. The molecule has 1 N–H and O–H groups in total. The summed E-state index contributed by atoms with van der Waals surface area (Å²) < 4.78 is 0. The van der Waals surface area contributed by atoms with Gasteiger partial charge in [0.15, 0.2) is 0 Å². The number of carbonyl (C=O) groups is 1. The lowest BCUT2D eigenvalue weighted by molar-refractivity contribution is -0.140. The van der Waals surface area contributed by atoms with E-state index < -0.39 is 0 Å². The van der Waals surface area contributed by atoms with Gasteiger partial charge < -0.3 is 14.9 Å². The largest absolute Gasteiger partial charge is 0.395 e. The molecule has 3 rings (SSSR count). The predicted octanol–water partition coefficient (Wildman–Crippen LogP) is 1.48. The number of nitrogens with zero attached hydrogens (tertiary/aromatic N) is 2. The Bertz CT molecular complexity index is 340. The quantitative estimate of drug-likeness (QED) is 0.829. The van der Waals surface area contributed by atoms with Gasteiger partial charge in [-0.05, 0) is 70.5 Å². The number of likely N-dealkylation sites (tertiary alicyclic amines) is 2. The highest BCUT2D eigenvalue weighted by Gasteiger charge is 2.51. The van der Waals surface area contributed by atoms with Crippen LogP contribution in [-0.2, 0) is 4.79 Å². The number of rotatable bonds is 5. The van der Waals surface area contributed by atoms with E-state index in [0.717, 1.165) is 44.7 Å². The summed E-state index contributed by atoms with van der Waals surface area (Å²) in [5.41, 5.74) is -0.373. The summed E-state index contributed by atoms with van der Waals surface area (Å²) in [5, 5.41) is 9.36. The third kappa shape index (κ3) is 3.01. The zero-order valence-corrected chi connectivity index (χ0v) is 12.5. The first-order valence-electron chi connectivity index (χ1n) is 8.36.